The molecule has 11 nitrogen and oxygen atoms in total. The molecule has 6 atom stereocenters. The van der Waals surface area contributed by atoms with E-state index in [0.29, 0.717) is 4.90 Å². The fourth-order valence-electron chi connectivity index (χ4n) is 4.05. The third kappa shape index (κ3) is 6.51. The molecule has 1 aromatic rings. The highest BCUT2D eigenvalue weighted by Gasteiger charge is 2.63. The van der Waals surface area contributed by atoms with Gasteiger partial charge >= 0.3 is 23.9 Å². The zero-order valence-corrected chi connectivity index (χ0v) is 20.5. The molecule has 0 spiro atoms. The lowest BCUT2D eigenvalue weighted by atomic mass is 9.87. The fourth-order valence-corrected chi connectivity index (χ4v) is 5.26. The highest BCUT2D eigenvalue weighted by atomic mass is 32.2. The van der Waals surface area contributed by atoms with Gasteiger partial charge in [0.2, 0.25) is 10.8 Å². The predicted octanol–water partition coefficient (Wildman–Crippen LogP) is 1.12. The molecule has 1 amide bonds. The lowest BCUT2D eigenvalue weighted by Gasteiger charge is -2.52. The number of fused-ring (bicyclic) bond motifs is 2. The highest BCUT2D eigenvalue weighted by molar-refractivity contribution is 8.01. The second kappa shape index (κ2) is 11.1. The van der Waals surface area contributed by atoms with Crippen molar-refractivity contribution >= 4 is 41.5 Å². The number of hydrogen-bond donors (Lipinski definition) is 1. The molecule has 2 bridgehead atoms. The summed E-state index contributed by atoms with van der Waals surface area (Å²) in [5, 5.41) is 2.70. The molecule has 190 valence electrons. The number of rotatable bonds is 8. The van der Waals surface area contributed by atoms with E-state index in [1.807, 2.05) is 6.07 Å². The number of esters is 4. The van der Waals surface area contributed by atoms with E-state index in [0.717, 1.165) is 18.7 Å². The first-order chi connectivity index (χ1) is 16.5. The Balaban J connectivity index is 2.04. The van der Waals surface area contributed by atoms with Gasteiger partial charge in [0, 0.05) is 39.0 Å². The third-order valence-electron chi connectivity index (χ3n) is 5.28. The molecule has 3 rings (SSSR count). The van der Waals surface area contributed by atoms with Gasteiger partial charge in [-0.2, -0.15) is 0 Å². The Kier molecular flexibility index (Phi) is 8.39. The van der Waals surface area contributed by atoms with Gasteiger partial charge in [0.05, 0.1) is 6.04 Å². The van der Waals surface area contributed by atoms with Crippen molar-refractivity contribution in [3.05, 3.63) is 30.3 Å². The van der Waals surface area contributed by atoms with E-state index in [2.05, 4.69) is 5.32 Å². The standard InChI is InChI=1S/C23H27NO10S/c1-12(25)24-19-17(31-14(3)27)10-23(35-16-8-6-5-7-9-16)22(29)33-20(21(19)34-23)18(32-15(4)28)11-30-13(2)26/h5-9,17-21H,10-11H2,1-4H3,(H,24,25)/t17-,18+,19+,20+,21+,23+/m0/s1. The van der Waals surface area contributed by atoms with Gasteiger partial charge in [0.1, 0.15) is 18.8 Å². The zero-order valence-electron chi connectivity index (χ0n) is 19.7. The monoisotopic (exact) mass is 509 g/mol. The van der Waals surface area contributed by atoms with Crippen LogP contribution in [0.4, 0.5) is 0 Å². The van der Waals surface area contributed by atoms with Crippen LogP contribution < -0.4 is 5.32 Å². The Morgan fingerprint density at radius 1 is 1.09 bits per heavy atom. The molecule has 35 heavy (non-hydrogen) atoms. The molecule has 2 fully saturated rings. The largest absolute Gasteiger partial charge is 0.462 e. The number of carbonyl (C=O) groups excluding carboxylic acids is 5. The molecular formula is C23H27NO10S. The van der Waals surface area contributed by atoms with Gasteiger partial charge in [0.15, 0.2) is 12.2 Å². The molecule has 12 heteroatoms. The maximum atomic E-state index is 13.4. The maximum Gasteiger partial charge on any atom is 0.350 e. The minimum Gasteiger partial charge on any atom is -0.462 e. The molecular weight excluding hydrogens is 482 g/mol. The van der Waals surface area contributed by atoms with Crippen LogP contribution in [-0.2, 0) is 47.7 Å². The van der Waals surface area contributed by atoms with Gasteiger partial charge in [-0.1, -0.05) is 30.0 Å². The second-order valence-electron chi connectivity index (χ2n) is 8.15. The summed E-state index contributed by atoms with van der Waals surface area (Å²) in [5.74, 6) is -3.20. The molecule has 2 aliphatic heterocycles. The Labute approximate surface area is 206 Å². The average molecular weight is 510 g/mol. The number of hydrogen-bond acceptors (Lipinski definition) is 11. The summed E-state index contributed by atoms with van der Waals surface area (Å²) in [5.41, 5.74) is 0. The van der Waals surface area contributed by atoms with Crippen molar-refractivity contribution in [2.45, 2.75) is 74.4 Å². The van der Waals surface area contributed by atoms with Crippen LogP contribution in [0.2, 0.25) is 0 Å². The van der Waals surface area contributed by atoms with Crippen LogP contribution in [-0.4, -0.2) is 71.8 Å². The van der Waals surface area contributed by atoms with Gasteiger partial charge in [0.25, 0.3) is 0 Å². The summed E-state index contributed by atoms with van der Waals surface area (Å²) in [7, 11) is 0. The van der Waals surface area contributed by atoms with Gasteiger partial charge < -0.3 is 29.0 Å². The molecule has 0 aromatic heterocycles. The zero-order chi connectivity index (χ0) is 25.8. The third-order valence-corrected chi connectivity index (χ3v) is 6.54. The normalized spacial score (nSPS) is 28.2. The molecule has 0 radical (unpaired) electrons. The number of cyclic esters (lactones) is 1. The van der Waals surface area contributed by atoms with Crippen molar-refractivity contribution in [3.8, 4) is 0 Å². The number of thioether (sulfide) groups is 1. The summed E-state index contributed by atoms with van der Waals surface area (Å²) in [6, 6.07) is 8.00. The van der Waals surface area contributed by atoms with Crippen molar-refractivity contribution in [2.75, 3.05) is 6.61 Å². The average Bonchev–Trinajstić information content (AvgIpc) is 2.76. The molecule has 0 unspecified atom stereocenters. The van der Waals surface area contributed by atoms with Crippen LogP contribution in [0.25, 0.3) is 0 Å². The Morgan fingerprint density at radius 3 is 2.34 bits per heavy atom. The summed E-state index contributed by atoms with van der Waals surface area (Å²) in [6.07, 6.45) is -4.69. The van der Waals surface area contributed by atoms with E-state index in [-0.39, 0.29) is 6.42 Å². The quantitative estimate of drug-likeness (QED) is 0.398. The van der Waals surface area contributed by atoms with Gasteiger partial charge in [-0.3, -0.25) is 19.2 Å². The lowest BCUT2D eigenvalue weighted by Crippen LogP contribution is -2.71. The second-order valence-corrected chi connectivity index (χ2v) is 9.48. The smallest absolute Gasteiger partial charge is 0.350 e. The first-order valence-corrected chi connectivity index (χ1v) is 11.7. The van der Waals surface area contributed by atoms with Crippen LogP contribution >= 0.6 is 11.8 Å². The van der Waals surface area contributed by atoms with Crippen LogP contribution in [0.15, 0.2) is 35.2 Å². The van der Waals surface area contributed by atoms with Crippen molar-refractivity contribution in [2.24, 2.45) is 0 Å². The predicted molar refractivity (Wildman–Crippen MR) is 120 cm³/mol. The van der Waals surface area contributed by atoms with Gasteiger partial charge in [-0.05, 0) is 12.1 Å². The Hall–Kier alpha value is -3.12. The van der Waals surface area contributed by atoms with Gasteiger partial charge in [-0.15, -0.1) is 0 Å². The van der Waals surface area contributed by atoms with Crippen LogP contribution in [0.5, 0.6) is 0 Å². The molecule has 0 saturated carbocycles. The number of carbonyl (C=O) groups is 5. The van der Waals surface area contributed by atoms with Crippen LogP contribution in [0.1, 0.15) is 34.1 Å². The first kappa shape index (κ1) is 26.5. The Morgan fingerprint density at radius 2 is 1.77 bits per heavy atom. The minimum atomic E-state index is -1.61. The molecule has 2 saturated heterocycles. The van der Waals surface area contributed by atoms with Crippen molar-refractivity contribution in [1.29, 1.82) is 0 Å². The fraction of sp³-hybridized carbons (Fsp3) is 0.522. The summed E-state index contributed by atoms with van der Waals surface area (Å²) >= 11 is 1.08. The SMILES string of the molecule is CC(=O)N[C@H]1[C@H]2O[C@@](Sc3ccccc3)(C[C@@H]1OC(C)=O)C(=O)O[C@@H]2[C@@H](COC(C)=O)OC(C)=O. The minimum absolute atomic E-state index is 0.110. The first-order valence-electron chi connectivity index (χ1n) is 10.9. The van der Waals surface area contributed by atoms with Crippen LogP contribution in [0, 0.1) is 0 Å². The van der Waals surface area contributed by atoms with E-state index in [4.69, 9.17) is 23.7 Å². The van der Waals surface area contributed by atoms with Gasteiger partial charge in [-0.25, -0.2) is 4.79 Å². The van der Waals surface area contributed by atoms with E-state index in [9.17, 15) is 24.0 Å². The number of ether oxygens (including phenoxy) is 5. The topological polar surface area (TPSA) is 144 Å². The summed E-state index contributed by atoms with van der Waals surface area (Å²) in [6.45, 7) is 4.39. The number of benzene rings is 1. The molecule has 1 N–H and O–H groups in total. The van der Waals surface area contributed by atoms with Crippen molar-refractivity contribution < 1.29 is 47.7 Å². The number of amides is 1. The van der Waals surface area contributed by atoms with Crippen molar-refractivity contribution in [3.63, 3.8) is 0 Å². The lowest BCUT2D eigenvalue weighted by molar-refractivity contribution is -0.256. The molecule has 1 aromatic carbocycles. The van der Waals surface area contributed by atoms with E-state index >= 15 is 0 Å². The Bertz CT molecular complexity index is 986. The molecule has 0 aliphatic carbocycles. The van der Waals surface area contributed by atoms with E-state index in [1.54, 1.807) is 24.3 Å². The van der Waals surface area contributed by atoms with E-state index in [1.165, 1.54) is 20.8 Å². The maximum absolute atomic E-state index is 13.4. The van der Waals surface area contributed by atoms with Crippen LogP contribution in [0.3, 0.4) is 0 Å². The summed E-state index contributed by atoms with van der Waals surface area (Å²) < 4.78 is 27.9. The summed E-state index contributed by atoms with van der Waals surface area (Å²) in [4.78, 5) is 59.6. The highest BCUT2D eigenvalue weighted by Crippen LogP contribution is 2.48. The molecule has 2 heterocycles. The molecule has 2 aliphatic rings. The van der Waals surface area contributed by atoms with Crippen molar-refractivity contribution in [1.82, 2.24) is 5.32 Å². The number of nitrogens with one attached hydrogen (secondary N) is 1. The van der Waals surface area contributed by atoms with E-state index < -0.39 is 71.8 Å².